The summed E-state index contributed by atoms with van der Waals surface area (Å²) in [5.74, 6) is 0.448. The van der Waals surface area contributed by atoms with Crippen molar-refractivity contribution in [2.45, 2.75) is 37.1 Å². The van der Waals surface area contributed by atoms with Crippen molar-refractivity contribution in [3.05, 3.63) is 54.1 Å². The van der Waals surface area contributed by atoms with Gasteiger partial charge >= 0.3 is 6.18 Å². The smallest absolute Gasteiger partial charge is 0.390 e. The third kappa shape index (κ3) is 3.77. The highest BCUT2D eigenvalue weighted by molar-refractivity contribution is 6.00. The molecule has 1 fully saturated rings. The van der Waals surface area contributed by atoms with Gasteiger partial charge in [-0.1, -0.05) is 36.4 Å². The molecule has 4 rings (SSSR count). The van der Waals surface area contributed by atoms with Gasteiger partial charge in [-0.05, 0) is 31.4 Å². The number of nitrogens with zero attached hydrogens (tertiary/aromatic N) is 2. The van der Waals surface area contributed by atoms with Crippen LogP contribution in [0.5, 0.6) is 0 Å². The van der Waals surface area contributed by atoms with Crippen molar-refractivity contribution in [3.8, 4) is 11.3 Å². The Bertz CT molecular complexity index is 1020. The molecule has 0 aliphatic heterocycles. The molecule has 0 spiro atoms. The average molecular weight is 403 g/mol. The summed E-state index contributed by atoms with van der Waals surface area (Å²) in [6.07, 6.45) is -3.39. The molecule has 29 heavy (non-hydrogen) atoms. The highest BCUT2D eigenvalue weighted by Gasteiger charge is 2.40. The van der Waals surface area contributed by atoms with Gasteiger partial charge in [0.25, 0.3) is 0 Å². The van der Waals surface area contributed by atoms with Crippen LogP contribution in [0.15, 0.2) is 48.5 Å². The second-order valence-electron chi connectivity index (χ2n) is 7.38. The van der Waals surface area contributed by atoms with E-state index in [1.54, 1.807) is 0 Å². The minimum Gasteiger partial charge on any atom is -0.390 e. The lowest BCUT2D eigenvalue weighted by Gasteiger charge is -2.27. The lowest BCUT2D eigenvalue weighted by Crippen LogP contribution is -2.44. The molecule has 2 atom stereocenters. The van der Waals surface area contributed by atoms with Gasteiger partial charge in [-0.2, -0.15) is 13.2 Å². The number of nitrogens with one attached hydrogen (secondary N) is 1. The van der Waals surface area contributed by atoms with Crippen LogP contribution in [-0.2, 0) is 6.18 Å². The van der Waals surface area contributed by atoms with Crippen LogP contribution in [0.25, 0.3) is 22.0 Å². The Labute approximate surface area is 165 Å². The summed E-state index contributed by atoms with van der Waals surface area (Å²) in [4.78, 5) is 0. The Morgan fingerprint density at radius 1 is 1.03 bits per heavy atom. The first-order valence-electron chi connectivity index (χ1n) is 9.35. The van der Waals surface area contributed by atoms with Crippen LogP contribution in [0.3, 0.4) is 0 Å². The van der Waals surface area contributed by atoms with E-state index in [-0.39, 0.29) is 6.54 Å². The first-order chi connectivity index (χ1) is 13.8. The summed E-state index contributed by atoms with van der Waals surface area (Å²) >= 11 is 0. The molecule has 5 nitrogen and oxygen atoms in total. The fourth-order valence-corrected chi connectivity index (χ4v) is 3.74. The third-order valence-corrected chi connectivity index (χ3v) is 5.44. The molecule has 1 saturated carbocycles. The first-order valence-corrected chi connectivity index (χ1v) is 9.35. The number of hydrogen-bond donors (Lipinski definition) is 3. The van der Waals surface area contributed by atoms with Crippen LogP contribution in [0.4, 0.5) is 19.0 Å². The molecule has 152 valence electrons. The normalized spacial score (nSPS) is 22.2. The van der Waals surface area contributed by atoms with Gasteiger partial charge in [-0.3, -0.25) is 0 Å². The zero-order valence-electron chi connectivity index (χ0n) is 15.4. The van der Waals surface area contributed by atoms with Crippen LogP contribution < -0.4 is 5.32 Å². The second-order valence-corrected chi connectivity index (χ2v) is 7.38. The molecule has 0 bridgehead atoms. The number of hydrogen-bond acceptors (Lipinski definition) is 5. The number of aliphatic hydroxyl groups excluding tert-OH is 1. The van der Waals surface area contributed by atoms with E-state index in [0.29, 0.717) is 29.9 Å². The molecule has 1 heterocycles. The molecule has 1 aliphatic rings. The number of alkyl halides is 3. The monoisotopic (exact) mass is 403 g/mol. The molecule has 2 aromatic carbocycles. The van der Waals surface area contributed by atoms with E-state index in [4.69, 9.17) is 0 Å². The Morgan fingerprint density at radius 3 is 2.34 bits per heavy atom. The summed E-state index contributed by atoms with van der Waals surface area (Å²) in [6.45, 7) is 0.131. The molecule has 8 heteroatoms. The van der Waals surface area contributed by atoms with Crippen LogP contribution >= 0.6 is 0 Å². The summed E-state index contributed by atoms with van der Waals surface area (Å²) in [7, 11) is 0. The molecule has 3 N–H and O–H groups in total. The van der Waals surface area contributed by atoms with Gasteiger partial charge in [0.05, 0.1) is 11.7 Å². The average Bonchev–Trinajstić information content (AvgIpc) is 3.04. The highest BCUT2D eigenvalue weighted by atomic mass is 19.4. The zero-order valence-corrected chi connectivity index (χ0v) is 15.4. The summed E-state index contributed by atoms with van der Waals surface area (Å²) in [6, 6.07) is 12.1. The molecule has 0 saturated heterocycles. The Balaban J connectivity index is 1.67. The van der Waals surface area contributed by atoms with Crippen LogP contribution in [0, 0.1) is 0 Å². The van der Waals surface area contributed by atoms with E-state index in [1.807, 2.05) is 24.3 Å². The van der Waals surface area contributed by atoms with E-state index >= 15 is 0 Å². The fraction of sp³-hybridized carbons (Fsp3) is 0.333. The van der Waals surface area contributed by atoms with E-state index in [1.165, 1.54) is 12.1 Å². The highest BCUT2D eigenvalue weighted by Crippen LogP contribution is 2.34. The van der Waals surface area contributed by atoms with Gasteiger partial charge < -0.3 is 15.5 Å². The maximum Gasteiger partial charge on any atom is 0.416 e. The van der Waals surface area contributed by atoms with Crippen molar-refractivity contribution in [2.75, 3.05) is 11.9 Å². The fourth-order valence-electron chi connectivity index (χ4n) is 3.74. The van der Waals surface area contributed by atoms with Crippen molar-refractivity contribution >= 4 is 16.6 Å². The summed E-state index contributed by atoms with van der Waals surface area (Å²) in [5.41, 5.74) is -0.938. The van der Waals surface area contributed by atoms with Gasteiger partial charge in [0.1, 0.15) is 11.3 Å². The van der Waals surface area contributed by atoms with Crippen LogP contribution in [-0.4, -0.2) is 38.7 Å². The number of fused-ring (bicyclic) bond motifs is 1. The van der Waals surface area contributed by atoms with Crippen LogP contribution in [0.1, 0.15) is 24.8 Å². The minimum absolute atomic E-state index is 0.131. The Kier molecular flexibility index (Phi) is 4.92. The van der Waals surface area contributed by atoms with Gasteiger partial charge in [0, 0.05) is 22.9 Å². The SMILES string of the molecule is OC1CCCC1(O)CNc1nnc(-c2ccc(C(F)(F)F)cc2)c2ccccc12. The molecule has 2 unspecified atom stereocenters. The Hall–Kier alpha value is -2.71. The minimum atomic E-state index is -4.40. The molecular weight excluding hydrogens is 383 g/mol. The molecule has 0 amide bonds. The first kappa shape index (κ1) is 19.6. The summed E-state index contributed by atoms with van der Waals surface area (Å²) in [5, 5.41) is 33.5. The zero-order chi connectivity index (χ0) is 20.6. The van der Waals surface area contributed by atoms with E-state index in [9.17, 15) is 23.4 Å². The van der Waals surface area contributed by atoms with Gasteiger partial charge in [-0.15, -0.1) is 10.2 Å². The number of anilines is 1. The van der Waals surface area contributed by atoms with Crippen molar-refractivity contribution in [1.82, 2.24) is 10.2 Å². The van der Waals surface area contributed by atoms with Gasteiger partial charge in [0.2, 0.25) is 0 Å². The van der Waals surface area contributed by atoms with Crippen molar-refractivity contribution in [1.29, 1.82) is 0 Å². The lowest BCUT2D eigenvalue weighted by atomic mass is 9.99. The maximum absolute atomic E-state index is 12.8. The molecule has 1 aromatic heterocycles. The Morgan fingerprint density at radius 2 is 1.72 bits per heavy atom. The van der Waals surface area contributed by atoms with Gasteiger partial charge in [-0.25, -0.2) is 0 Å². The number of aliphatic hydroxyl groups is 2. The quantitative estimate of drug-likeness (QED) is 0.614. The number of rotatable bonds is 4. The topological polar surface area (TPSA) is 78.3 Å². The van der Waals surface area contributed by atoms with Gasteiger partial charge in [0.15, 0.2) is 5.82 Å². The van der Waals surface area contributed by atoms with Crippen molar-refractivity contribution in [2.24, 2.45) is 0 Å². The number of halogens is 3. The lowest BCUT2D eigenvalue weighted by molar-refractivity contribution is -0.137. The predicted octanol–water partition coefficient (Wildman–Crippen LogP) is 4.00. The van der Waals surface area contributed by atoms with E-state index in [0.717, 1.165) is 29.3 Å². The third-order valence-electron chi connectivity index (χ3n) is 5.44. The largest absolute Gasteiger partial charge is 0.416 e. The summed E-state index contributed by atoms with van der Waals surface area (Å²) < 4.78 is 38.5. The number of benzene rings is 2. The molecular formula is C21H20F3N3O2. The van der Waals surface area contributed by atoms with E-state index in [2.05, 4.69) is 15.5 Å². The van der Waals surface area contributed by atoms with Crippen molar-refractivity contribution in [3.63, 3.8) is 0 Å². The maximum atomic E-state index is 12.8. The molecule has 1 aliphatic carbocycles. The number of aromatic nitrogens is 2. The van der Waals surface area contributed by atoms with E-state index < -0.39 is 23.4 Å². The second kappa shape index (κ2) is 7.27. The standard InChI is InChI=1S/C21H20F3N3O2/c22-21(23,24)14-9-7-13(8-10-14)18-15-4-1-2-5-16(15)19(27-26-18)25-12-20(29)11-3-6-17(20)28/h1-2,4-5,7-10,17,28-29H,3,6,11-12H2,(H,25,27). The van der Waals surface area contributed by atoms with Crippen molar-refractivity contribution < 1.29 is 23.4 Å². The predicted molar refractivity (Wildman–Crippen MR) is 103 cm³/mol. The van der Waals surface area contributed by atoms with Crippen LogP contribution in [0.2, 0.25) is 0 Å². The molecule has 0 radical (unpaired) electrons. The molecule has 3 aromatic rings.